The van der Waals surface area contributed by atoms with Crippen LogP contribution in [0.25, 0.3) is 0 Å². The van der Waals surface area contributed by atoms with Crippen LogP contribution in [0.4, 0.5) is 0 Å². The number of fused-ring (bicyclic) bond motifs is 5. The second-order valence-corrected chi connectivity index (χ2v) is 14.7. The van der Waals surface area contributed by atoms with Crippen molar-refractivity contribution in [1.82, 2.24) is 9.88 Å². The molecule has 3 N–H and O–H groups in total. The lowest BCUT2D eigenvalue weighted by Crippen LogP contribution is -2.58. The number of hydrogen-bond donors (Lipinski definition) is 3. The van der Waals surface area contributed by atoms with E-state index in [0.29, 0.717) is 41.5 Å². The van der Waals surface area contributed by atoms with E-state index in [1.54, 1.807) is 0 Å². The van der Waals surface area contributed by atoms with Crippen molar-refractivity contribution in [2.24, 2.45) is 46.3 Å². The highest BCUT2D eigenvalue weighted by Crippen LogP contribution is 2.68. The predicted molar refractivity (Wildman–Crippen MR) is 157 cm³/mol. The molecular weight excluding hydrogens is 500 g/mol. The van der Waals surface area contributed by atoms with Gasteiger partial charge in [0.25, 0.3) is 0 Å². The van der Waals surface area contributed by atoms with Crippen LogP contribution >= 0.6 is 0 Å². The highest BCUT2D eigenvalue weighted by molar-refractivity contribution is 5.66. The molecular formula is C34H54N2O4. The summed E-state index contributed by atoms with van der Waals surface area (Å²) < 4.78 is 0. The van der Waals surface area contributed by atoms with Gasteiger partial charge in [0.05, 0.1) is 12.2 Å². The Bertz CT molecular complexity index is 1000. The minimum Gasteiger partial charge on any atom is -0.481 e. The van der Waals surface area contributed by atoms with Gasteiger partial charge < -0.3 is 15.3 Å². The van der Waals surface area contributed by atoms with Crippen molar-refractivity contribution in [3.63, 3.8) is 0 Å². The lowest BCUT2D eigenvalue weighted by molar-refractivity contribution is -0.175. The number of rotatable bonds is 5. The molecule has 6 heteroatoms. The Labute approximate surface area is 242 Å². The molecule has 6 rings (SSSR count). The van der Waals surface area contributed by atoms with Crippen LogP contribution in [0.15, 0.2) is 24.5 Å². The second-order valence-electron chi connectivity index (χ2n) is 14.7. The van der Waals surface area contributed by atoms with E-state index < -0.39 is 5.97 Å². The lowest BCUT2D eigenvalue weighted by Gasteiger charge is -2.62. The Hall–Kier alpha value is -1.50. The molecule has 0 aromatic carbocycles. The number of carboxylic acid groups (broad SMARTS) is 1. The molecule has 224 valence electrons. The minimum absolute atomic E-state index is 0.0591. The van der Waals surface area contributed by atoms with Gasteiger partial charge in [-0.05, 0) is 142 Å². The van der Waals surface area contributed by atoms with Crippen molar-refractivity contribution in [2.45, 2.75) is 116 Å². The number of likely N-dealkylation sites (tertiary alicyclic amines) is 1. The van der Waals surface area contributed by atoms with Crippen molar-refractivity contribution in [1.29, 1.82) is 0 Å². The first-order valence-electron chi connectivity index (χ1n) is 16.2. The smallest absolute Gasteiger partial charge is 0.303 e. The zero-order chi connectivity index (χ0) is 28.7. The number of pyridine rings is 1. The zero-order valence-corrected chi connectivity index (χ0v) is 25.3. The largest absolute Gasteiger partial charge is 0.481 e. The summed E-state index contributed by atoms with van der Waals surface area (Å²) in [5, 5.41) is 30.8. The van der Waals surface area contributed by atoms with Crippen molar-refractivity contribution in [3.05, 3.63) is 30.1 Å². The molecule has 40 heavy (non-hydrogen) atoms. The minimum atomic E-state index is -0.707. The fourth-order valence-electron chi connectivity index (χ4n) is 10.6. The van der Waals surface area contributed by atoms with E-state index >= 15 is 0 Å². The summed E-state index contributed by atoms with van der Waals surface area (Å²) >= 11 is 0. The summed E-state index contributed by atoms with van der Waals surface area (Å²) in [7, 11) is 2.19. The average molecular weight is 555 g/mol. The first kappa shape index (κ1) is 30.0. The van der Waals surface area contributed by atoms with E-state index in [4.69, 9.17) is 5.11 Å². The third kappa shape index (κ3) is 5.49. The molecule has 0 bridgehead atoms. The standard InChI is InChI=1S/C24H40O4.C10H14N2/c1-14(4-9-22(27)28)18-7-8-19-17-6-5-15-12-16(25)10-11-23(15,2)20(17)13-21(26)24(18,19)3;1-12-7-3-5-10(12)9-4-2-6-11-8-9/h14-21,25-26H,4-13H2,1-3H3,(H,27,28);2,4,6,8,10H,3,5,7H2,1H3/t14-,15-,16-,17+,18-,19+,20+,21+,23+,24-;10-/m10/s1. The normalized spacial score (nSPS) is 43.5. The van der Waals surface area contributed by atoms with Crippen LogP contribution in [0.3, 0.4) is 0 Å². The Kier molecular flexibility index (Phi) is 9.00. The Balaban J connectivity index is 0.000000223. The summed E-state index contributed by atoms with van der Waals surface area (Å²) in [6, 6.07) is 4.79. The number of aromatic nitrogens is 1. The first-order chi connectivity index (χ1) is 19.1. The molecule has 0 amide bonds. The summed E-state index contributed by atoms with van der Waals surface area (Å²) in [5.74, 6) is 2.55. The predicted octanol–water partition coefficient (Wildman–Crippen LogP) is 6.33. The molecule has 1 aliphatic heterocycles. The molecule has 1 aromatic rings. The number of nitrogens with zero attached hydrogens (tertiary/aromatic N) is 2. The Morgan fingerprint density at radius 2 is 1.90 bits per heavy atom. The van der Waals surface area contributed by atoms with Gasteiger partial charge in [0, 0.05) is 24.9 Å². The quantitative estimate of drug-likeness (QED) is 0.394. The molecule has 0 spiro atoms. The number of hydrogen-bond acceptors (Lipinski definition) is 5. The number of carbonyl (C=O) groups is 1. The molecule has 0 radical (unpaired) electrons. The van der Waals surface area contributed by atoms with E-state index in [1.165, 1.54) is 44.2 Å². The highest BCUT2D eigenvalue weighted by atomic mass is 16.4. The lowest BCUT2D eigenvalue weighted by atomic mass is 9.43. The molecule has 4 aliphatic carbocycles. The van der Waals surface area contributed by atoms with Crippen molar-refractivity contribution in [2.75, 3.05) is 13.6 Å². The van der Waals surface area contributed by atoms with Gasteiger partial charge in [-0.25, -0.2) is 0 Å². The van der Waals surface area contributed by atoms with Gasteiger partial charge in [0.2, 0.25) is 0 Å². The SMILES string of the molecule is CN1CCC[C@H]1c1cccnc1.C[C@H](CCC(=O)O)[C@H]1CC[C@H]2[C@@H]3CC[C@@H]4C[C@H](O)CC[C@]4(C)[C@H]3C[C@H](O)[C@]12C. The Morgan fingerprint density at radius 3 is 2.58 bits per heavy atom. The van der Waals surface area contributed by atoms with Gasteiger partial charge in [-0.2, -0.15) is 0 Å². The van der Waals surface area contributed by atoms with E-state index in [-0.39, 0.29) is 29.5 Å². The maximum absolute atomic E-state index is 11.5. The summed E-state index contributed by atoms with van der Waals surface area (Å²) in [6.07, 6.45) is 15.7. The number of carboxylic acids is 1. The molecule has 1 aromatic heterocycles. The monoisotopic (exact) mass is 554 g/mol. The van der Waals surface area contributed by atoms with Crippen LogP contribution < -0.4 is 0 Å². The first-order valence-corrected chi connectivity index (χ1v) is 16.2. The van der Waals surface area contributed by atoms with E-state index in [9.17, 15) is 15.0 Å². The zero-order valence-electron chi connectivity index (χ0n) is 25.3. The van der Waals surface area contributed by atoms with Crippen molar-refractivity contribution < 1.29 is 20.1 Å². The molecule has 0 unspecified atom stereocenters. The average Bonchev–Trinajstić information content (AvgIpc) is 3.53. The molecule has 1 saturated heterocycles. The van der Waals surface area contributed by atoms with Crippen LogP contribution in [0.2, 0.25) is 0 Å². The Morgan fingerprint density at radius 1 is 1.10 bits per heavy atom. The van der Waals surface area contributed by atoms with E-state index in [1.807, 2.05) is 18.5 Å². The van der Waals surface area contributed by atoms with Crippen LogP contribution in [0.1, 0.15) is 109 Å². The number of aliphatic hydroxyl groups excluding tert-OH is 2. The van der Waals surface area contributed by atoms with E-state index in [0.717, 1.165) is 38.5 Å². The maximum Gasteiger partial charge on any atom is 0.303 e. The van der Waals surface area contributed by atoms with Gasteiger partial charge in [-0.1, -0.05) is 26.8 Å². The second kappa shape index (κ2) is 12.0. The fourth-order valence-corrected chi connectivity index (χ4v) is 10.6. The third-order valence-electron chi connectivity index (χ3n) is 12.9. The van der Waals surface area contributed by atoms with Crippen molar-refractivity contribution >= 4 is 5.97 Å². The van der Waals surface area contributed by atoms with Gasteiger partial charge in [-0.3, -0.25) is 14.7 Å². The molecule has 4 saturated carbocycles. The van der Waals surface area contributed by atoms with Gasteiger partial charge >= 0.3 is 5.97 Å². The third-order valence-corrected chi connectivity index (χ3v) is 12.9. The van der Waals surface area contributed by atoms with Crippen LogP contribution in [-0.4, -0.2) is 57.0 Å². The van der Waals surface area contributed by atoms with Gasteiger partial charge in [0.1, 0.15) is 0 Å². The molecule has 5 aliphatic rings. The fraction of sp³-hybridized carbons (Fsp3) is 0.824. The van der Waals surface area contributed by atoms with Crippen LogP contribution in [-0.2, 0) is 4.79 Å². The number of aliphatic carboxylic acids is 1. The van der Waals surface area contributed by atoms with Gasteiger partial charge in [0.15, 0.2) is 0 Å². The summed E-state index contributed by atoms with van der Waals surface area (Å²) in [6.45, 7) is 8.21. The topological polar surface area (TPSA) is 93.9 Å². The molecule has 11 atom stereocenters. The van der Waals surface area contributed by atoms with E-state index in [2.05, 4.69) is 43.8 Å². The van der Waals surface area contributed by atoms with Crippen LogP contribution in [0, 0.1) is 46.3 Å². The maximum atomic E-state index is 11.5. The van der Waals surface area contributed by atoms with Crippen LogP contribution in [0.5, 0.6) is 0 Å². The van der Waals surface area contributed by atoms with Crippen molar-refractivity contribution in [3.8, 4) is 0 Å². The molecule has 2 heterocycles. The molecule has 5 fully saturated rings. The summed E-state index contributed by atoms with van der Waals surface area (Å²) in [5.41, 5.74) is 1.57. The highest BCUT2D eigenvalue weighted by Gasteiger charge is 2.63. The summed E-state index contributed by atoms with van der Waals surface area (Å²) in [4.78, 5) is 17.6. The molecule has 6 nitrogen and oxygen atoms in total. The number of aliphatic hydroxyl groups is 2. The van der Waals surface area contributed by atoms with Gasteiger partial charge in [-0.15, -0.1) is 0 Å².